The minimum Gasteiger partial charge on any atom is -0.442 e. The number of hydrogen-bond acceptors (Lipinski definition) is 5. The van der Waals surface area contributed by atoms with Gasteiger partial charge in [0.15, 0.2) is 0 Å². The van der Waals surface area contributed by atoms with Gasteiger partial charge < -0.3 is 19.7 Å². The highest BCUT2D eigenvalue weighted by Gasteiger charge is 2.32. The first-order valence-electron chi connectivity index (χ1n) is 7.64. The van der Waals surface area contributed by atoms with Crippen LogP contribution in [-0.4, -0.2) is 58.5 Å². The van der Waals surface area contributed by atoms with E-state index in [1.165, 1.54) is 17.9 Å². The van der Waals surface area contributed by atoms with Crippen molar-refractivity contribution in [3.63, 3.8) is 0 Å². The van der Waals surface area contributed by atoms with Gasteiger partial charge in [-0.15, -0.1) is 0 Å². The van der Waals surface area contributed by atoms with Crippen LogP contribution < -0.4 is 15.1 Å². The molecule has 0 unspecified atom stereocenters. The molecule has 0 radical (unpaired) electrons. The number of anilines is 2. The molecule has 2 rings (SSSR count). The molecule has 0 spiro atoms. The summed E-state index contributed by atoms with van der Waals surface area (Å²) in [4.78, 5) is 26.0. The van der Waals surface area contributed by atoms with Crippen molar-refractivity contribution in [3.8, 4) is 0 Å². The van der Waals surface area contributed by atoms with Crippen LogP contribution in [0.5, 0.6) is 0 Å². The fraction of sp³-hybridized carbons (Fsp3) is 0.500. The van der Waals surface area contributed by atoms with E-state index in [9.17, 15) is 14.0 Å². The van der Waals surface area contributed by atoms with E-state index in [4.69, 9.17) is 9.47 Å². The van der Waals surface area contributed by atoms with E-state index in [0.717, 1.165) is 0 Å². The molecule has 1 fully saturated rings. The highest BCUT2D eigenvalue weighted by atomic mass is 19.1. The van der Waals surface area contributed by atoms with Gasteiger partial charge in [0.1, 0.15) is 11.9 Å². The second-order valence-electron chi connectivity index (χ2n) is 5.60. The highest BCUT2D eigenvalue weighted by Crippen LogP contribution is 2.27. The number of nitrogens with zero attached hydrogens (tertiary/aromatic N) is 2. The SMILES string of the molecule is COCCN(C)c1ccc(N2C[C@H](CNC(C)=O)OC2=O)cc1F. The third-order valence-corrected chi connectivity index (χ3v) is 3.74. The van der Waals surface area contributed by atoms with E-state index >= 15 is 0 Å². The molecule has 1 aromatic carbocycles. The Morgan fingerprint density at radius 2 is 2.29 bits per heavy atom. The number of methoxy groups -OCH3 is 1. The van der Waals surface area contributed by atoms with Gasteiger partial charge in [0, 0.05) is 27.6 Å². The molecule has 1 aromatic rings. The summed E-state index contributed by atoms with van der Waals surface area (Å²) in [5.74, 6) is -0.622. The van der Waals surface area contributed by atoms with Crippen LogP contribution in [-0.2, 0) is 14.3 Å². The Labute approximate surface area is 140 Å². The van der Waals surface area contributed by atoms with Crippen LogP contribution in [0.2, 0.25) is 0 Å². The van der Waals surface area contributed by atoms with Crippen LogP contribution in [0.15, 0.2) is 18.2 Å². The summed E-state index contributed by atoms with van der Waals surface area (Å²) in [7, 11) is 3.36. The molecular weight excluding hydrogens is 317 g/mol. The number of halogens is 1. The van der Waals surface area contributed by atoms with Crippen molar-refractivity contribution in [2.45, 2.75) is 13.0 Å². The van der Waals surface area contributed by atoms with Crippen LogP contribution in [0, 0.1) is 5.82 Å². The number of likely N-dealkylation sites (N-methyl/N-ethyl adjacent to an activating group) is 1. The Hall–Kier alpha value is -2.35. The first-order chi connectivity index (χ1) is 11.4. The number of cyclic esters (lactones) is 1. The number of nitrogens with one attached hydrogen (secondary N) is 1. The fourth-order valence-corrected chi connectivity index (χ4v) is 2.42. The van der Waals surface area contributed by atoms with Crippen LogP contribution in [0.3, 0.4) is 0 Å². The molecule has 1 N–H and O–H groups in total. The smallest absolute Gasteiger partial charge is 0.414 e. The van der Waals surface area contributed by atoms with E-state index in [-0.39, 0.29) is 19.0 Å². The third-order valence-electron chi connectivity index (χ3n) is 3.74. The summed E-state index contributed by atoms with van der Waals surface area (Å²) in [6.07, 6.45) is -1.00. The number of carbonyl (C=O) groups is 2. The van der Waals surface area contributed by atoms with Gasteiger partial charge in [0.05, 0.1) is 31.1 Å². The molecule has 132 valence electrons. The number of hydrogen-bond donors (Lipinski definition) is 1. The highest BCUT2D eigenvalue weighted by molar-refractivity contribution is 5.90. The zero-order chi connectivity index (χ0) is 17.7. The molecule has 0 saturated carbocycles. The lowest BCUT2D eigenvalue weighted by atomic mass is 10.2. The second kappa shape index (κ2) is 7.96. The monoisotopic (exact) mass is 339 g/mol. The van der Waals surface area contributed by atoms with Crippen molar-refractivity contribution in [2.24, 2.45) is 0 Å². The van der Waals surface area contributed by atoms with E-state index < -0.39 is 18.0 Å². The molecule has 1 aliphatic heterocycles. The standard InChI is InChI=1S/C16H22FN3O4/c1-11(21)18-9-13-10-20(16(22)24-13)12-4-5-15(14(17)8-12)19(2)6-7-23-3/h4-5,8,13H,6-7,9-10H2,1-3H3,(H,18,21)/t13-/m0/s1. The summed E-state index contributed by atoms with van der Waals surface area (Å²) < 4.78 is 24.5. The molecule has 1 atom stereocenters. The Morgan fingerprint density at radius 1 is 1.54 bits per heavy atom. The number of benzene rings is 1. The average Bonchev–Trinajstić information content (AvgIpc) is 2.91. The first-order valence-corrected chi connectivity index (χ1v) is 7.64. The molecule has 1 saturated heterocycles. The normalized spacial score (nSPS) is 16.9. The fourth-order valence-electron chi connectivity index (χ4n) is 2.42. The molecule has 24 heavy (non-hydrogen) atoms. The van der Waals surface area contributed by atoms with Gasteiger partial charge in [0.25, 0.3) is 0 Å². The second-order valence-corrected chi connectivity index (χ2v) is 5.60. The van der Waals surface area contributed by atoms with Crippen molar-refractivity contribution in [3.05, 3.63) is 24.0 Å². The van der Waals surface area contributed by atoms with Gasteiger partial charge >= 0.3 is 6.09 Å². The van der Waals surface area contributed by atoms with Gasteiger partial charge in [-0.1, -0.05) is 0 Å². The van der Waals surface area contributed by atoms with Crippen LogP contribution in [0.4, 0.5) is 20.6 Å². The van der Waals surface area contributed by atoms with Crippen molar-refractivity contribution in [2.75, 3.05) is 50.2 Å². The predicted molar refractivity (Wildman–Crippen MR) is 87.8 cm³/mol. The average molecular weight is 339 g/mol. The Morgan fingerprint density at radius 3 is 2.92 bits per heavy atom. The lowest BCUT2D eigenvalue weighted by Gasteiger charge is -2.21. The van der Waals surface area contributed by atoms with Crippen LogP contribution in [0.1, 0.15) is 6.92 Å². The summed E-state index contributed by atoms with van der Waals surface area (Å²) in [5, 5.41) is 2.60. The molecule has 1 aliphatic rings. The van der Waals surface area contributed by atoms with E-state index in [0.29, 0.717) is 24.5 Å². The molecule has 8 heteroatoms. The van der Waals surface area contributed by atoms with Crippen molar-refractivity contribution >= 4 is 23.4 Å². The summed E-state index contributed by atoms with van der Waals surface area (Å²) >= 11 is 0. The lowest BCUT2D eigenvalue weighted by molar-refractivity contribution is -0.119. The lowest BCUT2D eigenvalue weighted by Crippen LogP contribution is -2.33. The molecule has 1 heterocycles. The maximum atomic E-state index is 14.3. The zero-order valence-corrected chi connectivity index (χ0v) is 14.0. The van der Waals surface area contributed by atoms with Crippen molar-refractivity contribution < 1.29 is 23.5 Å². The Bertz CT molecular complexity index is 611. The van der Waals surface area contributed by atoms with E-state index in [2.05, 4.69) is 5.32 Å². The molecule has 2 amide bonds. The van der Waals surface area contributed by atoms with Gasteiger partial charge in [0.2, 0.25) is 5.91 Å². The number of carbonyl (C=O) groups excluding carboxylic acids is 2. The maximum absolute atomic E-state index is 14.3. The molecule has 0 aliphatic carbocycles. The predicted octanol–water partition coefficient (Wildman–Crippen LogP) is 1.37. The number of ether oxygens (including phenoxy) is 2. The van der Waals surface area contributed by atoms with Crippen molar-refractivity contribution in [1.82, 2.24) is 5.32 Å². The number of rotatable bonds is 7. The largest absolute Gasteiger partial charge is 0.442 e. The quantitative estimate of drug-likeness (QED) is 0.812. The Kier molecular flexibility index (Phi) is 5.97. The van der Waals surface area contributed by atoms with Gasteiger partial charge in [-0.2, -0.15) is 0 Å². The van der Waals surface area contributed by atoms with Crippen LogP contribution >= 0.6 is 0 Å². The maximum Gasteiger partial charge on any atom is 0.414 e. The minimum absolute atomic E-state index is 0.195. The molecule has 0 aromatic heterocycles. The summed E-state index contributed by atoms with van der Waals surface area (Å²) in [5.41, 5.74) is 0.852. The topological polar surface area (TPSA) is 71.1 Å². The zero-order valence-electron chi connectivity index (χ0n) is 14.0. The van der Waals surface area contributed by atoms with E-state index in [1.807, 2.05) is 0 Å². The molecule has 7 nitrogen and oxygen atoms in total. The Balaban J connectivity index is 2.05. The summed E-state index contributed by atoms with van der Waals surface area (Å²) in [6.45, 7) is 2.93. The van der Waals surface area contributed by atoms with Crippen molar-refractivity contribution in [1.29, 1.82) is 0 Å². The van der Waals surface area contributed by atoms with Gasteiger partial charge in [-0.05, 0) is 18.2 Å². The van der Waals surface area contributed by atoms with Gasteiger partial charge in [-0.25, -0.2) is 9.18 Å². The van der Waals surface area contributed by atoms with Crippen LogP contribution in [0.25, 0.3) is 0 Å². The van der Waals surface area contributed by atoms with Gasteiger partial charge in [-0.3, -0.25) is 9.69 Å². The molecule has 0 bridgehead atoms. The molecular formula is C16H22FN3O4. The first kappa shape index (κ1) is 18.0. The van der Waals surface area contributed by atoms with E-state index in [1.54, 1.807) is 31.2 Å². The third kappa shape index (κ3) is 4.35. The number of amides is 2. The summed E-state index contributed by atoms with van der Waals surface area (Å²) in [6, 6.07) is 4.60. The minimum atomic E-state index is -0.551.